The van der Waals surface area contributed by atoms with Gasteiger partial charge in [-0.15, -0.1) is 0 Å². The second-order valence-electron chi connectivity index (χ2n) is 6.15. The van der Waals surface area contributed by atoms with Crippen LogP contribution in [0.15, 0.2) is 53.2 Å². The molecule has 2 aromatic carbocycles. The number of imide groups is 1. The lowest BCUT2D eigenvalue weighted by atomic mass is 9.99. The summed E-state index contributed by atoms with van der Waals surface area (Å²) in [5.41, 5.74) is 2.68. The van der Waals surface area contributed by atoms with Gasteiger partial charge >= 0.3 is 0 Å². The van der Waals surface area contributed by atoms with Crippen molar-refractivity contribution in [1.82, 2.24) is 4.90 Å². The van der Waals surface area contributed by atoms with Crippen LogP contribution in [0.3, 0.4) is 0 Å². The summed E-state index contributed by atoms with van der Waals surface area (Å²) in [7, 11) is 0. The van der Waals surface area contributed by atoms with Crippen molar-refractivity contribution >= 4 is 40.7 Å². The molecule has 0 saturated heterocycles. The molecule has 132 valence electrons. The minimum Gasteiger partial charge on any atom is -0.361 e. The summed E-state index contributed by atoms with van der Waals surface area (Å²) in [6.07, 6.45) is 0.758. The Kier molecular flexibility index (Phi) is 4.21. The van der Waals surface area contributed by atoms with E-state index in [1.807, 2.05) is 23.1 Å². The van der Waals surface area contributed by atoms with Crippen LogP contribution in [0.1, 0.15) is 11.1 Å². The molecular formula is C19H13Cl2FN2O2. The first kappa shape index (κ1) is 17.1. The number of rotatable bonds is 2. The summed E-state index contributed by atoms with van der Waals surface area (Å²) in [5, 5.41) is -0.297. The Bertz CT molecular complexity index is 974. The molecule has 0 unspecified atom stereocenters. The lowest BCUT2D eigenvalue weighted by Crippen LogP contribution is -2.37. The molecule has 2 aliphatic rings. The van der Waals surface area contributed by atoms with Crippen LogP contribution in [0.25, 0.3) is 0 Å². The molecule has 0 N–H and O–H groups in total. The molecule has 0 bridgehead atoms. The average molecular weight is 391 g/mol. The van der Waals surface area contributed by atoms with Gasteiger partial charge in [-0.25, -0.2) is 9.29 Å². The maximum Gasteiger partial charge on any atom is 0.283 e. The quantitative estimate of drug-likeness (QED) is 0.730. The maximum atomic E-state index is 13.4. The molecule has 7 heteroatoms. The van der Waals surface area contributed by atoms with Gasteiger partial charge < -0.3 is 4.90 Å². The molecule has 0 saturated carbocycles. The van der Waals surface area contributed by atoms with E-state index in [-0.39, 0.29) is 21.4 Å². The number of amides is 2. The van der Waals surface area contributed by atoms with Crippen molar-refractivity contribution in [2.75, 3.05) is 11.4 Å². The Labute approximate surface area is 159 Å². The Morgan fingerprint density at radius 1 is 0.962 bits per heavy atom. The molecule has 2 amide bonds. The molecule has 0 atom stereocenters. The predicted molar refractivity (Wildman–Crippen MR) is 97.3 cm³/mol. The highest BCUT2D eigenvalue weighted by Gasteiger charge is 2.42. The van der Waals surface area contributed by atoms with Crippen LogP contribution in [-0.4, -0.2) is 23.3 Å². The summed E-state index contributed by atoms with van der Waals surface area (Å²) in [5.74, 6) is -1.78. The summed E-state index contributed by atoms with van der Waals surface area (Å²) in [6.45, 7) is 1.08. The zero-order chi connectivity index (χ0) is 18.4. The first-order valence-corrected chi connectivity index (χ1v) is 8.78. The van der Waals surface area contributed by atoms with E-state index in [9.17, 15) is 14.0 Å². The number of fused-ring (bicyclic) bond motifs is 1. The molecule has 2 aliphatic heterocycles. The van der Waals surface area contributed by atoms with Crippen LogP contribution in [-0.2, 0) is 22.6 Å². The van der Waals surface area contributed by atoms with Crippen molar-refractivity contribution in [3.8, 4) is 0 Å². The Hall–Kier alpha value is -2.37. The summed E-state index contributed by atoms with van der Waals surface area (Å²) in [6, 6.07) is 11.6. The first-order valence-electron chi connectivity index (χ1n) is 8.02. The molecule has 0 aromatic heterocycles. The second-order valence-corrected chi connectivity index (χ2v) is 6.93. The normalized spacial score (nSPS) is 17.2. The van der Waals surface area contributed by atoms with Crippen LogP contribution in [0.2, 0.25) is 5.02 Å². The predicted octanol–water partition coefficient (Wildman–Crippen LogP) is 3.86. The molecule has 4 rings (SSSR count). The largest absolute Gasteiger partial charge is 0.361 e. The summed E-state index contributed by atoms with van der Waals surface area (Å²) < 4.78 is 13.4. The highest BCUT2D eigenvalue weighted by molar-refractivity contribution is 6.52. The fourth-order valence-electron chi connectivity index (χ4n) is 3.31. The van der Waals surface area contributed by atoms with E-state index in [0.717, 1.165) is 23.0 Å². The zero-order valence-corrected chi connectivity index (χ0v) is 15.0. The second kappa shape index (κ2) is 6.41. The standard InChI is InChI=1S/C19H13Cl2FN2O2/c20-14-9-13(5-6-15(14)22)24-18(25)16(21)17(19(24)26)23-8-7-11-3-1-2-4-12(11)10-23/h1-6,9H,7-8,10H2. The number of anilines is 1. The number of carbonyl (C=O) groups excluding carboxylic acids is 2. The Morgan fingerprint density at radius 2 is 1.69 bits per heavy atom. The summed E-state index contributed by atoms with van der Waals surface area (Å²) in [4.78, 5) is 28.2. The van der Waals surface area contributed by atoms with Crippen molar-refractivity contribution in [2.45, 2.75) is 13.0 Å². The van der Waals surface area contributed by atoms with Crippen molar-refractivity contribution in [2.24, 2.45) is 0 Å². The topological polar surface area (TPSA) is 40.6 Å². The number of hydrogen-bond acceptors (Lipinski definition) is 3. The van der Waals surface area contributed by atoms with Gasteiger partial charge in [-0.05, 0) is 35.7 Å². The number of benzene rings is 2. The van der Waals surface area contributed by atoms with Crippen molar-refractivity contribution in [3.05, 3.63) is 75.2 Å². The summed E-state index contributed by atoms with van der Waals surface area (Å²) >= 11 is 12.0. The van der Waals surface area contributed by atoms with Crippen molar-refractivity contribution in [3.63, 3.8) is 0 Å². The van der Waals surface area contributed by atoms with E-state index in [2.05, 4.69) is 6.07 Å². The van der Waals surface area contributed by atoms with Gasteiger partial charge in [0.05, 0.1) is 10.7 Å². The lowest BCUT2D eigenvalue weighted by Gasteiger charge is -2.31. The fourth-order valence-corrected chi connectivity index (χ4v) is 3.77. The van der Waals surface area contributed by atoms with Gasteiger partial charge in [0.2, 0.25) is 0 Å². The first-order chi connectivity index (χ1) is 12.5. The van der Waals surface area contributed by atoms with Gasteiger partial charge in [0, 0.05) is 13.1 Å². The van der Waals surface area contributed by atoms with Crippen LogP contribution in [0.4, 0.5) is 10.1 Å². The van der Waals surface area contributed by atoms with Gasteiger partial charge in [0.15, 0.2) is 0 Å². The van der Waals surface area contributed by atoms with Gasteiger partial charge in [-0.1, -0.05) is 47.5 Å². The number of hydrogen-bond donors (Lipinski definition) is 0. The number of halogens is 3. The van der Waals surface area contributed by atoms with Gasteiger partial charge in [-0.3, -0.25) is 9.59 Å². The Balaban J connectivity index is 1.67. The van der Waals surface area contributed by atoms with E-state index < -0.39 is 17.6 Å². The lowest BCUT2D eigenvalue weighted by molar-refractivity contribution is -0.121. The molecular weight excluding hydrogens is 378 g/mol. The fraction of sp³-hybridized carbons (Fsp3) is 0.158. The SMILES string of the molecule is O=C1C(Cl)=C(N2CCc3ccccc3C2)C(=O)N1c1ccc(F)c(Cl)c1. The molecule has 2 aromatic rings. The van der Waals surface area contributed by atoms with E-state index >= 15 is 0 Å². The van der Waals surface area contributed by atoms with E-state index in [4.69, 9.17) is 23.2 Å². The average Bonchev–Trinajstić information content (AvgIpc) is 2.86. The number of carbonyl (C=O) groups is 2. The van der Waals surface area contributed by atoms with Crippen LogP contribution >= 0.6 is 23.2 Å². The Morgan fingerprint density at radius 3 is 2.42 bits per heavy atom. The molecule has 0 aliphatic carbocycles. The molecule has 0 fully saturated rings. The third-order valence-corrected chi connectivity index (χ3v) is 5.24. The molecule has 0 radical (unpaired) electrons. The van der Waals surface area contributed by atoms with Gasteiger partial charge in [-0.2, -0.15) is 0 Å². The molecule has 2 heterocycles. The highest BCUT2D eigenvalue weighted by atomic mass is 35.5. The third-order valence-electron chi connectivity index (χ3n) is 4.61. The van der Waals surface area contributed by atoms with Crippen LogP contribution in [0.5, 0.6) is 0 Å². The van der Waals surface area contributed by atoms with Crippen LogP contribution < -0.4 is 4.90 Å². The highest BCUT2D eigenvalue weighted by Crippen LogP contribution is 2.34. The zero-order valence-electron chi connectivity index (χ0n) is 13.5. The van der Waals surface area contributed by atoms with E-state index in [1.54, 1.807) is 0 Å². The van der Waals surface area contributed by atoms with Crippen molar-refractivity contribution in [1.29, 1.82) is 0 Å². The monoisotopic (exact) mass is 390 g/mol. The maximum absolute atomic E-state index is 13.4. The van der Waals surface area contributed by atoms with Crippen molar-refractivity contribution < 1.29 is 14.0 Å². The third kappa shape index (κ3) is 2.68. The molecule has 26 heavy (non-hydrogen) atoms. The molecule has 0 spiro atoms. The van der Waals surface area contributed by atoms with E-state index in [1.165, 1.54) is 17.7 Å². The minimum absolute atomic E-state index is 0.130. The van der Waals surface area contributed by atoms with Gasteiger partial charge in [0.1, 0.15) is 16.5 Å². The number of nitrogens with zero attached hydrogens (tertiary/aromatic N) is 2. The van der Waals surface area contributed by atoms with Crippen LogP contribution in [0, 0.1) is 5.82 Å². The van der Waals surface area contributed by atoms with E-state index in [0.29, 0.717) is 13.1 Å². The smallest absolute Gasteiger partial charge is 0.283 e. The molecule has 4 nitrogen and oxygen atoms in total. The minimum atomic E-state index is -0.631. The van der Waals surface area contributed by atoms with Gasteiger partial charge in [0.25, 0.3) is 11.8 Å².